The number of benzene rings is 3. The summed E-state index contributed by atoms with van der Waals surface area (Å²) in [4.78, 5) is 0. The predicted octanol–water partition coefficient (Wildman–Crippen LogP) is 7.87. The Labute approximate surface area is 196 Å². The number of rotatable bonds is 14. The van der Waals surface area contributed by atoms with Gasteiger partial charge in [-0.2, -0.15) is 0 Å². The molecule has 0 bridgehead atoms. The highest BCUT2D eigenvalue weighted by Gasteiger charge is 2.24. The summed E-state index contributed by atoms with van der Waals surface area (Å²) in [5.74, 6) is 2.68. The smallest absolute Gasteiger partial charge is 0.0163 e. The molecular formula is C31H39P. The highest BCUT2D eigenvalue weighted by molar-refractivity contribution is 7.94. The minimum Gasteiger partial charge on any atom is -0.103 e. The van der Waals surface area contributed by atoms with Gasteiger partial charge in [0.15, 0.2) is 0 Å². The summed E-state index contributed by atoms with van der Waals surface area (Å²) in [7, 11) is 0. The summed E-state index contributed by atoms with van der Waals surface area (Å²) in [6.07, 6.45) is 15.2. The van der Waals surface area contributed by atoms with Crippen molar-refractivity contribution >= 4 is 28.6 Å². The van der Waals surface area contributed by atoms with E-state index in [1.807, 2.05) is 6.08 Å². The fourth-order valence-corrected chi connectivity index (χ4v) is 8.56. The molecule has 0 nitrogen and oxygen atoms in total. The lowest BCUT2D eigenvalue weighted by molar-refractivity contribution is 0.574. The molecule has 32 heavy (non-hydrogen) atoms. The Bertz CT molecular complexity index is 838. The molecule has 0 heterocycles. The molecule has 0 saturated carbocycles. The summed E-state index contributed by atoms with van der Waals surface area (Å²) < 4.78 is 0. The van der Waals surface area contributed by atoms with Crippen molar-refractivity contribution in [3.8, 4) is 0 Å². The van der Waals surface area contributed by atoms with Gasteiger partial charge in [-0.1, -0.05) is 141 Å². The second-order valence-corrected chi connectivity index (χ2v) is 12.0. The number of allylic oxidation sites excluding steroid dienone is 1. The average Bonchev–Trinajstić information content (AvgIpc) is 2.87. The van der Waals surface area contributed by atoms with Gasteiger partial charge >= 0.3 is 0 Å². The lowest BCUT2D eigenvalue weighted by atomic mass is 10.1. The van der Waals surface area contributed by atoms with Gasteiger partial charge in [-0.3, -0.25) is 0 Å². The number of hydrogen-bond donors (Lipinski definition) is 0. The van der Waals surface area contributed by atoms with E-state index in [-0.39, 0.29) is 0 Å². The van der Waals surface area contributed by atoms with Crippen LogP contribution in [0.3, 0.4) is 0 Å². The van der Waals surface area contributed by atoms with Crippen LogP contribution in [0.4, 0.5) is 0 Å². The van der Waals surface area contributed by atoms with Crippen molar-refractivity contribution < 1.29 is 0 Å². The Morgan fingerprint density at radius 1 is 0.469 bits per heavy atom. The molecule has 0 saturated heterocycles. The first-order chi connectivity index (χ1) is 15.9. The van der Waals surface area contributed by atoms with Crippen molar-refractivity contribution in [2.45, 2.75) is 64.2 Å². The van der Waals surface area contributed by atoms with E-state index in [1.165, 1.54) is 80.1 Å². The molecule has 0 amide bonds. The highest BCUT2D eigenvalue weighted by Crippen LogP contribution is 2.44. The third-order valence-electron chi connectivity index (χ3n) is 6.26. The van der Waals surface area contributed by atoms with Crippen molar-refractivity contribution in [1.82, 2.24) is 0 Å². The van der Waals surface area contributed by atoms with Crippen LogP contribution in [0.25, 0.3) is 0 Å². The van der Waals surface area contributed by atoms with Gasteiger partial charge in [0.25, 0.3) is 0 Å². The molecule has 0 aromatic heterocycles. The SMILES string of the molecule is C=CCCCCCCCCCCC=P(c1ccccc1)(c1ccccc1)c1ccccc1. The summed E-state index contributed by atoms with van der Waals surface area (Å²) in [6.45, 7) is 2.05. The zero-order chi connectivity index (χ0) is 22.3. The van der Waals surface area contributed by atoms with Crippen molar-refractivity contribution in [2.75, 3.05) is 0 Å². The zero-order valence-electron chi connectivity index (χ0n) is 19.5. The molecular weight excluding hydrogens is 403 g/mol. The van der Waals surface area contributed by atoms with Gasteiger partial charge in [-0.25, -0.2) is 0 Å². The Hall–Kier alpha value is -2.30. The Morgan fingerprint density at radius 3 is 1.19 bits per heavy atom. The summed E-state index contributed by atoms with van der Waals surface area (Å²) in [6, 6.07) is 33.5. The molecule has 0 N–H and O–H groups in total. The largest absolute Gasteiger partial charge is 0.103 e. The van der Waals surface area contributed by atoms with Gasteiger partial charge in [-0.15, -0.1) is 6.58 Å². The summed E-state index contributed by atoms with van der Waals surface area (Å²) in [5, 5.41) is 4.37. The summed E-state index contributed by atoms with van der Waals surface area (Å²) in [5.41, 5.74) is 0. The Kier molecular flexibility index (Phi) is 10.6. The van der Waals surface area contributed by atoms with Crippen LogP contribution in [0.2, 0.25) is 0 Å². The minimum atomic E-state index is -1.76. The first-order valence-corrected chi connectivity index (χ1v) is 14.2. The number of unbranched alkanes of at least 4 members (excludes halogenated alkanes) is 9. The lowest BCUT2D eigenvalue weighted by Crippen LogP contribution is -2.26. The maximum Gasteiger partial charge on any atom is -0.0163 e. The van der Waals surface area contributed by atoms with Crippen LogP contribution in [0, 0.1) is 0 Å². The van der Waals surface area contributed by atoms with Crippen LogP contribution in [0.5, 0.6) is 0 Å². The van der Waals surface area contributed by atoms with Crippen LogP contribution in [-0.4, -0.2) is 5.80 Å². The molecule has 3 aromatic carbocycles. The van der Waals surface area contributed by atoms with Gasteiger partial charge in [0.05, 0.1) is 0 Å². The quantitative estimate of drug-likeness (QED) is 0.135. The molecule has 168 valence electrons. The van der Waals surface area contributed by atoms with Gasteiger partial charge in [0.2, 0.25) is 0 Å². The van der Waals surface area contributed by atoms with Crippen molar-refractivity contribution in [3.05, 3.63) is 104 Å². The Balaban J connectivity index is 1.72. The van der Waals surface area contributed by atoms with Crippen molar-refractivity contribution in [2.24, 2.45) is 0 Å². The van der Waals surface area contributed by atoms with E-state index in [0.717, 1.165) is 0 Å². The molecule has 0 aliphatic heterocycles. The van der Waals surface area contributed by atoms with E-state index in [4.69, 9.17) is 0 Å². The van der Waals surface area contributed by atoms with Gasteiger partial charge in [0.1, 0.15) is 0 Å². The monoisotopic (exact) mass is 442 g/mol. The fourth-order valence-electron chi connectivity index (χ4n) is 4.53. The third-order valence-corrected chi connectivity index (χ3v) is 10.4. The van der Waals surface area contributed by atoms with Crippen LogP contribution in [0.1, 0.15) is 64.2 Å². The molecule has 3 aromatic rings. The van der Waals surface area contributed by atoms with Crippen LogP contribution >= 0.6 is 6.89 Å². The molecule has 0 atom stereocenters. The molecule has 0 aliphatic carbocycles. The van der Waals surface area contributed by atoms with E-state index in [0.29, 0.717) is 0 Å². The highest BCUT2D eigenvalue weighted by atomic mass is 31.2. The second kappa shape index (κ2) is 14.0. The zero-order valence-corrected chi connectivity index (χ0v) is 20.4. The van der Waals surface area contributed by atoms with Crippen LogP contribution in [-0.2, 0) is 0 Å². The molecule has 3 rings (SSSR count). The first kappa shape index (κ1) is 24.3. The van der Waals surface area contributed by atoms with E-state index in [9.17, 15) is 0 Å². The van der Waals surface area contributed by atoms with E-state index >= 15 is 0 Å². The molecule has 1 heteroatoms. The standard InChI is InChI=1S/C31H39P/c1-2-3-4-5-6-7-8-9-10-11-21-28-32(29-22-15-12-16-23-29,30-24-17-13-18-25-30)31-26-19-14-20-27-31/h2,12-20,22-28H,1,3-11,21H2. The molecule has 0 radical (unpaired) electrons. The third kappa shape index (κ3) is 6.85. The number of hydrogen-bond acceptors (Lipinski definition) is 0. The molecule has 0 aliphatic rings. The maximum absolute atomic E-state index is 3.81. The molecule has 0 spiro atoms. The van der Waals surface area contributed by atoms with Crippen molar-refractivity contribution in [3.63, 3.8) is 0 Å². The second-order valence-electron chi connectivity index (χ2n) is 8.61. The summed E-state index contributed by atoms with van der Waals surface area (Å²) >= 11 is 0. The maximum atomic E-state index is 3.81. The van der Waals surface area contributed by atoms with Gasteiger partial charge in [-0.05, 0) is 48.5 Å². The minimum absolute atomic E-state index is 1.17. The van der Waals surface area contributed by atoms with Crippen molar-refractivity contribution in [1.29, 1.82) is 0 Å². The fraction of sp³-hybridized carbons (Fsp3) is 0.323. The van der Waals surface area contributed by atoms with Gasteiger partial charge in [0, 0.05) is 0 Å². The van der Waals surface area contributed by atoms with Crippen LogP contribution in [0.15, 0.2) is 104 Å². The average molecular weight is 443 g/mol. The lowest BCUT2D eigenvalue weighted by Gasteiger charge is -2.29. The van der Waals surface area contributed by atoms with E-state index in [2.05, 4.69) is 103 Å². The first-order valence-electron chi connectivity index (χ1n) is 12.4. The molecule has 0 fully saturated rings. The van der Waals surface area contributed by atoms with E-state index in [1.54, 1.807) is 0 Å². The topological polar surface area (TPSA) is 0 Å². The normalized spacial score (nSPS) is 11.2. The van der Waals surface area contributed by atoms with E-state index < -0.39 is 6.89 Å². The molecule has 0 unspecified atom stereocenters. The van der Waals surface area contributed by atoms with Gasteiger partial charge < -0.3 is 0 Å². The predicted molar refractivity (Wildman–Crippen MR) is 148 cm³/mol. The Morgan fingerprint density at radius 2 is 0.812 bits per heavy atom. The van der Waals surface area contributed by atoms with Crippen LogP contribution < -0.4 is 15.9 Å².